The molecule has 0 aromatic heterocycles. The van der Waals surface area contributed by atoms with Crippen LogP contribution in [-0.4, -0.2) is 22.4 Å². The van der Waals surface area contributed by atoms with E-state index in [0.29, 0.717) is 12.6 Å². The second-order valence-corrected chi connectivity index (χ2v) is 4.01. The summed E-state index contributed by atoms with van der Waals surface area (Å²) in [7, 11) is 0. The van der Waals surface area contributed by atoms with Crippen LogP contribution in [0.15, 0.2) is 11.9 Å². The Morgan fingerprint density at radius 1 is 1.56 bits per heavy atom. The Morgan fingerprint density at radius 2 is 2.19 bits per heavy atom. The van der Waals surface area contributed by atoms with E-state index in [9.17, 15) is 10.1 Å². The van der Waals surface area contributed by atoms with Gasteiger partial charge in [-0.2, -0.15) is 5.26 Å². The average Bonchev–Trinajstić information content (AvgIpc) is 2.31. The molecule has 0 radical (unpaired) electrons. The highest BCUT2D eigenvalue weighted by Crippen LogP contribution is 2.23. The smallest absolute Gasteiger partial charge is 0.361 e. The number of allylic oxidation sites excluding steroid dienone is 1. The van der Waals surface area contributed by atoms with Gasteiger partial charge in [0.1, 0.15) is 0 Å². The quantitative estimate of drug-likeness (QED) is 0.416. The fourth-order valence-corrected chi connectivity index (χ4v) is 2.14. The second-order valence-electron chi connectivity index (χ2n) is 4.01. The lowest BCUT2D eigenvalue weighted by Gasteiger charge is -2.31. The van der Waals surface area contributed by atoms with E-state index in [4.69, 9.17) is 5.26 Å². The van der Waals surface area contributed by atoms with E-state index in [1.165, 1.54) is 25.5 Å². The van der Waals surface area contributed by atoms with Crippen molar-refractivity contribution in [3.05, 3.63) is 22.0 Å². The maximum atomic E-state index is 10.6. The van der Waals surface area contributed by atoms with E-state index in [1.807, 2.05) is 11.8 Å². The highest BCUT2D eigenvalue weighted by atomic mass is 16.6. The van der Waals surface area contributed by atoms with Crippen LogP contribution in [0.2, 0.25) is 0 Å². The lowest BCUT2D eigenvalue weighted by molar-refractivity contribution is -0.418. The number of nitriles is 1. The van der Waals surface area contributed by atoms with E-state index in [0.717, 1.165) is 12.8 Å². The molecule has 1 rings (SSSR count). The molecule has 0 heterocycles. The van der Waals surface area contributed by atoms with Crippen molar-refractivity contribution >= 4 is 0 Å². The Morgan fingerprint density at radius 3 is 2.62 bits per heavy atom. The highest BCUT2D eigenvalue weighted by Gasteiger charge is 2.20. The van der Waals surface area contributed by atoms with Crippen molar-refractivity contribution in [1.29, 1.82) is 5.26 Å². The molecule has 0 atom stereocenters. The molecule has 0 unspecified atom stereocenters. The molecule has 0 aromatic carbocycles. The van der Waals surface area contributed by atoms with Gasteiger partial charge in [-0.1, -0.05) is 19.3 Å². The van der Waals surface area contributed by atoms with Gasteiger partial charge in [-0.25, -0.2) is 0 Å². The molecule has 88 valence electrons. The van der Waals surface area contributed by atoms with Gasteiger partial charge in [-0.3, -0.25) is 10.1 Å². The van der Waals surface area contributed by atoms with Gasteiger partial charge in [0.05, 0.1) is 11.1 Å². The van der Waals surface area contributed by atoms with Crippen molar-refractivity contribution in [1.82, 2.24) is 4.90 Å². The van der Waals surface area contributed by atoms with Gasteiger partial charge in [0.15, 0.2) is 6.07 Å². The van der Waals surface area contributed by atoms with E-state index < -0.39 is 4.92 Å². The van der Waals surface area contributed by atoms with Crippen LogP contribution in [0, 0.1) is 21.4 Å². The minimum Gasteiger partial charge on any atom is -0.369 e. The summed E-state index contributed by atoms with van der Waals surface area (Å²) in [5, 5.41) is 19.2. The zero-order chi connectivity index (χ0) is 12.0. The van der Waals surface area contributed by atoms with E-state index in [-0.39, 0.29) is 5.70 Å². The summed E-state index contributed by atoms with van der Waals surface area (Å²) in [5.41, 5.74) is -0.368. The van der Waals surface area contributed by atoms with E-state index in [2.05, 4.69) is 0 Å². The average molecular weight is 223 g/mol. The molecule has 5 heteroatoms. The number of hydrogen-bond acceptors (Lipinski definition) is 4. The number of nitrogens with zero attached hydrogens (tertiary/aromatic N) is 3. The molecule has 1 saturated carbocycles. The molecule has 0 aliphatic heterocycles. The van der Waals surface area contributed by atoms with Gasteiger partial charge in [-0.05, 0) is 19.8 Å². The first-order valence-electron chi connectivity index (χ1n) is 5.71. The molecular weight excluding hydrogens is 206 g/mol. The van der Waals surface area contributed by atoms with Gasteiger partial charge in [0, 0.05) is 12.6 Å². The zero-order valence-electron chi connectivity index (χ0n) is 9.56. The predicted molar refractivity (Wildman–Crippen MR) is 59.9 cm³/mol. The second kappa shape index (κ2) is 6.11. The van der Waals surface area contributed by atoms with E-state index >= 15 is 0 Å². The molecule has 0 aromatic rings. The Bertz CT molecular complexity index is 314. The number of nitro groups is 1. The van der Waals surface area contributed by atoms with Crippen LogP contribution in [0.1, 0.15) is 39.0 Å². The van der Waals surface area contributed by atoms with Gasteiger partial charge in [0.25, 0.3) is 0 Å². The van der Waals surface area contributed by atoms with Crippen LogP contribution >= 0.6 is 0 Å². The molecule has 0 bridgehead atoms. The molecule has 5 nitrogen and oxygen atoms in total. The van der Waals surface area contributed by atoms with Crippen LogP contribution < -0.4 is 0 Å². The lowest BCUT2D eigenvalue weighted by Crippen LogP contribution is -2.33. The summed E-state index contributed by atoms with van der Waals surface area (Å²) >= 11 is 0. The molecule has 0 spiro atoms. The first-order valence-corrected chi connectivity index (χ1v) is 5.71. The summed E-state index contributed by atoms with van der Waals surface area (Å²) in [4.78, 5) is 11.9. The van der Waals surface area contributed by atoms with Gasteiger partial charge in [-0.15, -0.1) is 0 Å². The summed E-state index contributed by atoms with van der Waals surface area (Å²) < 4.78 is 0. The number of hydrogen-bond donors (Lipinski definition) is 0. The van der Waals surface area contributed by atoms with Gasteiger partial charge >= 0.3 is 5.70 Å². The van der Waals surface area contributed by atoms with Crippen molar-refractivity contribution in [2.75, 3.05) is 6.54 Å². The predicted octanol–water partition coefficient (Wildman–Crippen LogP) is 2.28. The topological polar surface area (TPSA) is 70.2 Å². The highest BCUT2D eigenvalue weighted by molar-refractivity contribution is 5.11. The molecule has 1 aliphatic carbocycles. The lowest BCUT2D eigenvalue weighted by atomic mass is 9.94. The molecule has 1 fully saturated rings. The SMILES string of the molecule is CCN(C=C(C#N)[N+](=O)[O-])C1CCCCC1. The fraction of sp³-hybridized carbons (Fsp3) is 0.727. The maximum absolute atomic E-state index is 10.6. The molecule has 0 N–H and O–H groups in total. The third kappa shape index (κ3) is 3.23. The van der Waals surface area contributed by atoms with Crippen LogP contribution in [0.5, 0.6) is 0 Å². The first-order chi connectivity index (χ1) is 7.69. The monoisotopic (exact) mass is 223 g/mol. The van der Waals surface area contributed by atoms with Gasteiger partial charge in [0.2, 0.25) is 0 Å². The standard InChI is InChI=1S/C11H17N3O2/c1-2-13(9-11(8-12)14(15)16)10-6-4-3-5-7-10/h9-10H,2-7H2,1H3. The normalized spacial score (nSPS) is 17.9. The zero-order valence-corrected chi connectivity index (χ0v) is 9.56. The number of rotatable bonds is 4. The van der Waals surface area contributed by atoms with Crippen molar-refractivity contribution in [3.8, 4) is 6.07 Å². The Labute approximate surface area is 95.5 Å². The largest absolute Gasteiger partial charge is 0.369 e. The van der Waals surface area contributed by atoms with Crippen LogP contribution in [0.3, 0.4) is 0 Å². The first kappa shape index (κ1) is 12.5. The fourth-order valence-electron chi connectivity index (χ4n) is 2.14. The maximum Gasteiger partial charge on any atom is 0.361 e. The molecule has 0 saturated heterocycles. The van der Waals surface area contributed by atoms with Gasteiger partial charge < -0.3 is 4.90 Å². The van der Waals surface area contributed by atoms with Crippen molar-refractivity contribution < 1.29 is 4.92 Å². The van der Waals surface area contributed by atoms with Crippen LogP contribution in [0.4, 0.5) is 0 Å². The van der Waals surface area contributed by atoms with E-state index in [1.54, 1.807) is 6.07 Å². The van der Waals surface area contributed by atoms with Crippen LogP contribution in [0.25, 0.3) is 0 Å². The summed E-state index contributed by atoms with van der Waals surface area (Å²) in [6, 6.07) is 1.99. The Kier molecular flexibility index (Phi) is 4.77. The third-order valence-corrected chi connectivity index (χ3v) is 3.01. The minimum absolute atomic E-state index is 0.363. The summed E-state index contributed by atoms with van der Waals surface area (Å²) in [6.45, 7) is 2.67. The molecule has 16 heavy (non-hydrogen) atoms. The molecule has 0 amide bonds. The Hall–Kier alpha value is -1.57. The molecule has 1 aliphatic rings. The summed E-state index contributed by atoms with van der Waals surface area (Å²) in [5.74, 6) is 0. The van der Waals surface area contributed by atoms with Crippen LogP contribution in [-0.2, 0) is 0 Å². The Balaban J connectivity index is 2.73. The van der Waals surface area contributed by atoms with Crippen molar-refractivity contribution in [2.24, 2.45) is 0 Å². The molecular formula is C11H17N3O2. The summed E-state index contributed by atoms with van der Waals surface area (Å²) in [6.07, 6.45) is 7.14. The van der Waals surface area contributed by atoms with Crippen molar-refractivity contribution in [3.63, 3.8) is 0 Å². The van der Waals surface area contributed by atoms with Crippen molar-refractivity contribution in [2.45, 2.75) is 45.1 Å². The minimum atomic E-state index is -0.620. The third-order valence-electron chi connectivity index (χ3n) is 3.01.